The quantitative estimate of drug-likeness (QED) is 0.429. The Kier molecular flexibility index (Phi) is 20.3. The van der Waals surface area contributed by atoms with E-state index < -0.39 is 0 Å². The third kappa shape index (κ3) is 17.6. The number of rotatable bonds is 9. The van der Waals surface area contributed by atoms with Crippen molar-refractivity contribution in [2.75, 3.05) is 0 Å². The highest BCUT2D eigenvalue weighted by Crippen LogP contribution is 2.09. The van der Waals surface area contributed by atoms with E-state index >= 15 is 0 Å². The molecular formula is C19H36S. The second-order valence-electron chi connectivity index (χ2n) is 5.48. The Morgan fingerprint density at radius 2 is 0.950 bits per heavy atom. The van der Waals surface area contributed by atoms with Gasteiger partial charge in [-0.25, -0.2) is 0 Å². The van der Waals surface area contributed by atoms with Crippen molar-refractivity contribution in [1.82, 2.24) is 0 Å². The molecule has 1 heteroatoms. The molecular weight excluding hydrogens is 260 g/mol. The molecule has 0 spiro atoms. The van der Waals surface area contributed by atoms with Gasteiger partial charge in [-0.2, -0.15) is 13.5 Å². The van der Waals surface area contributed by atoms with Gasteiger partial charge in [0.25, 0.3) is 0 Å². The summed E-state index contributed by atoms with van der Waals surface area (Å²) in [5, 5.41) is 0. The minimum absolute atomic E-state index is 0. The van der Waals surface area contributed by atoms with Gasteiger partial charge in [-0.05, 0) is 6.92 Å². The molecule has 0 saturated heterocycles. The number of hydrogen-bond acceptors (Lipinski definition) is 0. The van der Waals surface area contributed by atoms with Crippen LogP contribution in [-0.4, -0.2) is 0 Å². The normalized spacial score (nSPS) is 9.35. The van der Waals surface area contributed by atoms with Crippen LogP contribution in [0.1, 0.15) is 83.6 Å². The lowest BCUT2D eigenvalue weighted by atomic mass is 10.1. The van der Waals surface area contributed by atoms with E-state index in [0.717, 1.165) is 0 Å². The summed E-state index contributed by atoms with van der Waals surface area (Å²) in [6.07, 6.45) is 14.4. The Balaban J connectivity index is 0. The molecule has 0 bridgehead atoms. The molecule has 0 aliphatic rings. The van der Waals surface area contributed by atoms with E-state index in [1.807, 2.05) is 18.2 Å². The smallest absolute Gasteiger partial charge is 0.0398 e. The van der Waals surface area contributed by atoms with Crippen molar-refractivity contribution < 1.29 is 0 Å². The molecule has 0 atom stereocenters. The van der Waals surface area contributed by atoms with Gasteiger partial charge in [0.05, 0.1) is 0 Å². The number of hydrogen-bond donors (Lipinski definition) is 0. The largest absolute Gasteiger partial charge is 0.197 e. The van der Waals surface area contributed by atoms with Crippen LogP contribution in [0.5, 0.6) is 0 Å². The molecule has 0 aliphatic carbocycles. The zero-order valence-electron chi connectivity index (χ0n) is 14.0. The number of aryl methyl sites for hydroxylation is 1. The van der Waals surface area contributed by atoms with Gasteiger partial charge < -0.3 is 0 Å². The monoisotopic (exact) mass is 296 g/mol. The molecule has 0 nitrogen and oxygen atoms in total. The molecule has 0 N–H and O–H groups in total. The van der Waals surface area contributed by atoms with Crippen LogP contribution in [0, 0.1) is 6.92 Å². The molecule has 0 aromatic heterocycles. The molecule has 1 aromatic carbocycles. The maximum absolute atomic E-state index is 2.28. The maximum Gasteiger partial charge on any atom is -0.0398 e. The van der Waals surface area contributed by atoms with Gasteiger partial charge in [-0.15, -0.1) is 0 Å². The summed E-state index contributed by atoms with van der Waals surface area (Å²) in [5.74, 6) is 0. The lowest BCUT2D eigenvalue weighted by Gasteiger charge is -1.99. The van der Waals surface area contributed by atoms with Crippen molar-refractivity contribution in [1.29, 1.82) is 0 Å². The van der Waals surface area contributed by atoms with E-state index in [4.69, 9.17) is 0 Å². The van der Waals surface area contributed by atoms with E-state index in [0.29, 0.717) is 0 Å². The summed E-state index contributed by atoms with van der Waals surface area (Å²) in [6, 6.07) is 10.3. The van der Waals surface area contributed by atoms with Gasteiger partial charge >= 0.3 is 0 Å². The number of benzene rings is 1. The second kappa shape index (κ2) is 18.6. The Labute approximate surface area is 134 Å². The first-order valence-electron chi connectivity index (χ1n) is 8.32. The molecule has 0 heterocycles. The third-order valence-electron chi connectivity index (χ3n) is 3.40. The fraction of sp³-hybridized carbons (Fsp3) is 0.684. The van der Waals surface area contributed by atoms with Crippen molar-refractivity contribution in [3.63, 3.8) is 0 Å². The van der Waals surface area contributed by atoms with Crippen molar-refractivity contribution in [2.45, 2.75) is 85.0 Å². The minimum atomic E-state index is 0. The van der Waals surface area contributed by atoms with Gasteiger partial charge in [0.2, 0.25) is 0 Å². The van der Waals surface area contributed by atoms with Gasteiger partial charge in [0, 0.05) is 0 Å². The standard InChI is InChI=1S/C12H26.C7H8.H2S/c1-3-5-7-9-11-12-10-8-6-4-2;1-7-5-3-2-4-6-7;/h3-12H2,1-2H3;2-6H,1H3;1H2. The van der Waals surface area contributed by atoms with Crippen LogP contribution in [-0.2, 0) is 0 Å². The Bertz CT molecular complexity index is 246. The second-order valence-corrected chi connectivity index (χ2v) is 5.48. The van der Waals surface area contributed by atoms with E-state index in [-0.39, 0.29) is 13.5 Å². The Morgan fingerprint density at radius 3 is 1.20 bits per heavy atom. The molecule has 0 unspecified atom stereocenters. The summed E-state index contributed by atoms with van der Waals surface area (Å²) < 4.78 is 0. The lowest BCUT2D eigenvalue weighted by molar-refractivity contribution is 0.562. The third-order valence-corrected chi connectivity index (χ3v) is 3.40. The molecule has 0 aliphatic heterocycles. The van der Waals surface area contributed by atoms with Gasteiger partial charge in [0.1, 0.15) is 0 Å². The van der Waals surface area contributed by atoms with Crippen LogP contribution in [0.3, 0.4) is 0 Å². The molecule has 0 radical (unpaired) electrons. The zero-order chi connectivity index (χ0) is 14.2. The van der Waals surface area contributed by atoms with Crippen molar-refractivity contribution in [3.05, 3.63) is 35.9 Å². The number of unbranched alkanes of at least 4 members (excludes halogenated alkanes) is 9. The van der Waals surface area contributed by atoms with Crippen LogP contribution in [0.4, 0.5) is 0 Å². The van der Waals surface area contributed by atoms with Gasteiger partial charge in [-0.3, -0.25) is 0 Å². The highest BCUT2D eigenvalue weighted by Gasteiger charge is 1.90. The van der Waals surface area contributed by atoms with Crippen LogP contribution in [0.15, 0.2) is 30.3 Å². The Morgan fingerprint density at radius 1 is 0.600 bits per heavy atom. The van der Waals surface area contributed by atoms with Crippen LogP contribution >= 0.6 is 13.5 Å². The summed E-state index contributed by atoms with van der Waals surface area (Å²) >= 11 is 0. The summed E-state index contributed by atoms with van der Waals surface area (Å²) in [4.78, 5) is 0. The molecule has 118 valence electrons. The molecule has 1 rings (SSSR count). The highest BCUT2D eigenvalue weighted by atomic mass is 32.1. The van der Waals surface area contributed by atoms with Crippen molar-refractivity contribution in [2.24, 2.45) is 0 Å². The van der Waals surface area contributed by atoms with Gasteiger partial charge in [0.15, 0.2) is 0 Å². The summed E-state index contributed by atoms with van der Waals surface area (Å²) in [7, 11) is 0. The topological polar surface area (TPSA) is 0 Å². The predicted octanol–water partition coefficient (Wildman–Crippen LogP) is 7.04. The highest BCUT2D eigenvalue weighted by molar-refractivity contribution is 7.59. The fourth-order valence-electron chi connectivity index (χ4n) is 2.10. The van der Waals surface area contributed by atoms with E-state index in [9.17, 15) is 0 Å². The van der Waals surface area contributed by atoms with E-state index in [1.165, 1.54) is 69.8 Å². The van der Waals surface area contributed by atoms with Crippen molar-refractivity contribution in [3.8, 4) is 0 Å². The Hall–Kier alpha value is -0.430. The van der Waals surface area contributed by atoms with E-state index in [1.54, 1.807) is 0 Å². The molecule has 0 fully saturated rings. The zero-order valence-corrected chi connectivity index (χ0v) is 15.0. The van der Waals surface area contributed by atoms with Crippen LogP contribution < -0.4 is 0 Å². The maximum atomic E-state index is 2.28. The molecule has 20 heavy (non-hydrogen) atoms. The molecule has 0 saturated carbocycles. The molecule has 1 aromatic rings. The first-order chi connectivity index (χ1) is 9.31. The molecule has 0 amide bonds. The predicted molar refractivity (Wildman–Crippen MR) is 99.1 cm³/mol. The SMILES string of the molecule is CCCCCCCCCCCC.Cc1ccccc1.S. The van der Waals surface area contributed by atoms with Crippen LogP contribution in [0.2, 0.25) is 0 Å². The first kappa shape index (κ1) is 21.9. The average molecular weight is 297 g/mol. The van der Waals surface area contributed by atoms with E-state index in [2.05, 4.69) is 32.9 Å². The average Bonchev–Trinajstić information content (AvgIpc) is 2.43. The first-order valence-corrected chi connectivity index (χ1v) is 8.32. The minimum Gasteiger partial charge on any atom is -0.197 e. The lowest BCUT2D eigenvalue weighted by Crippen LogP contribution is -1.80. The summed E-state index contributed by atoms with van der Waals surface area (Å²) in [5.41, 5.74) is 1.32. The van der Waals surface area contributed by atoms with Crippen LogP contribution in [0.25, 0.3) is 0 Å². The van der Waals surface area contributed by atoms with Crippen molar-refractivity contribution >= 4 is 13.5 Å². The fourth-order valence-corrected chi connectivity index (χ4v) is 2.10. The summed E-state index contributed by atoms with van der Waals surface area (Å²) in [6.45, 7) is 6.64. The van der Waals surface area contributed by atoms with Gasteiger partial charge in [-0.1, -0.05) is 114 Å².